The van der Waals surface area contributed by atoms with Crippen LogP contribution in [0.25, 0.3) is 0 Å². The molecule has 0 spiro atoms. The molecule has 0 rings (SSSR count). The maximum absolute atomic E-state index is 11.8. The zero-order valence-electron chi connectivity index (χ0n) is 19.2. The van der Waals surface area contributed by atoms with Gasteiger partial charge in [0.1, 0.15) is 0 Å². The monoisotopic (exact) mass is 422 g/mol. The van der Waals surface area contributed by atoms with Crippen molar-refractivity contribution < 1.29 is 14.1 Å². The minimum absolute atomic E-state index is 0.0963. The van der Waals surface area contributed by atoms with Crippen LogP contribution in [-0.4, -0.2) is 57.8 Å². The van der Waals surface area contributed by atoms with E-state index in [-0.39, 0.29) is 11.0 Å². The average Bonchev–Trinajstić information content (AvgIpc) is 2.55. The van der Waals surface area contributed by atoms with E-state index in [0.717, 1.165) is 6.42 Å². The summed E-state index contributed by atoms with van der Waals surface area (Å²) >= 11 is 1.27. The Bertz CT molecular complexity index is 373. The molecule has 0 bridgehead atoms. The number of hydrogen-bond acceptors (Lipinski definition) is 6. The zero-order valence-corrected chi connectivity index (χ0v) is 20.9. The first-order valence-electron chi connectivity index (χ1n) is 10.3. The molecule has 0 aromatic rings. The van der Waals surface area contributed by atoms with Gasteiger partial charge in [-0.25, -0.2) is 9.34 Å². The number of ether oxygens (including phenoxy) is 1. The van der Waals surface area contributed by atoms with Crippen molar-refractivity contribution >= 4 is 25.3 Å². The molecule has 162 valence electrons. The fraction of sp³-hybridized carbons (Fsp3) is 0.950. The van der Waals surface area contributed by atoms with E-state index in [0.29, 0.717) is 43.3 Å². The lowest BCUT2D eigenvalue weighted by atomic mass is 10.1. The maximum atomic E-state index is 11.8. The lowest BCUT2D eigenvalue weighted by molar-refractivity contribution is -0.114. The first-order chi connectivity index (χ1) is 12.5. The Labute approximate surface area is 173 Å². The molecule has 0 saturated carbocycles. The number of hydrogen-bond donors (Lipinski definition) is 0. The molecule has 0 fully saturated rings. The Balaban J connectivity index is 4.76. The van der Waals surface area contributed by atoms with Crippen LogP contribution >= 0.6 is 20.2 Å². The maximum Gasteiger partial charge on any atom is 0.193 e. The predicted octanol–water partition coefficient (Wildman–Crippen LogP) is 5.75. The van der Waals surface area contributed by atoms with Crippen LogP contribution in [0.3, 0.4) is 0 Å². The normalized spacial score (nSPS) is 14.0. The Hall–Kier alpha value is 0.290. The van der Waals surface area contributed by atoms with Gasteiger partial charge in [-0.2, -0.15) is 0 Å². The Morgan fingerprint density at radius 3 is 1.67 bits per heavy atom. The van der Waals surface area contributed by atoms with E-state index in [1.165, 1.54) is 11.8 Å². The predicted molar refractivity (Wildman–Crippen MR) is 120 cm³/mol. The number of rotatable bonds is 14. The first kappa shape index (κ1) is 27.3. The second-order valence-electron chi connectivity index (χ2n) is 8.02. The van der Waals surface area contributed by atoms with Crippen LogP contribution in [-0.2, 0) is 14.1 Å². The van der Waals surface area contributed by atoms with Gasteiger partial charge >= 0.3 is 0 Å². The fourth-order valence-corrected chi connectivity index (χ4v) is 5.97. The number of carbonyl (C=O) groups is 1. The van der Waals surface area contributed by atoms with E-state index in [1.54, 1.807) is 0 Å². The molecule has 1 unspecified atom stereocenters. The van der Waals surface area contributed by atoms with Gasteiger partial charge in [0.15, 0.2) is 13.6 Å². The molecule has 0 radical (unpaired) electrons. The molecule has 0 aliphatic heterocycles. The number of carbonyl (C=O) groups excluding carboxylic acids is 1. The second kappa shape index (κ2) is 14.3. The highest BCUT2D eigenvalue weighted by molar-refractivity contribution is 8.13. The van der Waals surface area contributed by atoms with E-state index >= 15 is 0 Å². The standard InChI is InChI=1S/C20H43N2O3PS/c1-11-19(10)20(23)27-14-24-12-13-25-26(21(15(2)3)16(4)5)22(17(6)7)18(8)9/h15-19H,11-14H2,1-10H3. The number of nitrogens with zero attached hydrogens (tertiary/aromatic N) is 2. The minimum Gasteiger partial charge on any atom is -0.368 e. The van der Waals surface area contributed by atoms with Crippen molar-refractivity contribution in [3.63, 3.8) is 0 Å². The smallest absolute Gasteiger partial charge is 0.193 e. The van der Waals surface area contributed by atoms with Gasteiger partial charge in [0.2, 0.25) is 0 Å². The van der Waals surface area contributed by atoms with Crippen LogP contribution in [0.2, 0.25) is 0 Å². The highest BCUT2D eigenvalue weighted by Crippen LogP contribution is 2.50. The summed E-state index contributed by atoms with van der Waals surface area (Å²) < 4.78 is 17.0. The molecule has 27 heavy (non-hydrogen) atoms. The van der Waals surface area contributed by atoms with Gasteiger partial charge in [0, 0.05) is 30.1 Å². The topological polar surface area (TPSA) is 42.0 Å². The van der Waals surface area contributed by atoms with Gasteiger partial charge in [0.05, 0.1) is 19.2 Å². The lowest BCUT2D eigenvalue weighted by Crippen LogP contribution is -2.43. The Morgan fingerprint density at radius 2 is 1.30 bits per heavy atom. The van der Waals surface area contributed by atoms with Crippen molar-refractivity contribution in [2.24, 2.45) is 5.92 Å². The third-order valence-corrected chi connectivity index (χ3v) is 8.27. The molecule has 7 heteroatoms. The van der Waals surface area contributed by atoms with Crippen molar-refractivity contribution in [1.29, 1.82) is 0 Å². The molecular weight excluding hydrogens is 379 g/mol. The summed E-state index contributed by atoms with van der Waals surface area (Å²) in [4.78, 5) is 11.8. The summed E-state index contributed by atoms with van der Waals surface area (Å²) in [5.41, 5.74) is 0. The summed E-state index contributed by atoms with van der Waals surface area (Å²) in [6.07, 6.45) is 0.875. The molecular formula is C20H43N2O3PS. The van der Waals surface area contributed by atoms with E-state index in [4.69, 9.17) is 9.26 Å². The highest BCUT2D eigenvalue weighted by Gasteiger charge is 2.34. The number of thioether (sulfide) groups is 1. The van der Waals surface area contributed by atoms with Gasteiger partial charge in [0.25, 0.3) is 0 Å². The molecule has 5 nitrogen and oxygen atoms in total. The van der Waals surface area contributed by atoms with Gasteiger partial charge in [-0.05, 0) is 61.8 Å². The molecule has 0 heterocycles. The third-order valence-electron chi connectivity index (χ3n) is 4.25. The largest absolute Gasteiger partial charge is 0.368 e. The molecule has 0 aliphatic carbocycles. The zero-order chi connectivity index (χ0) is 21.1. The molecule has 0 N–H and O–H groups in total. The molecule has 0 saturated heterocycles. The van der Waals surface area contributed by atoms with Gasteiger partial charge in [-0.1, -0.05) is 25.6 Å². The Kier molecular flexibility index (Phi) is 14.5. The van der Waals surface area contributed by atoms with Crippen molar-refractivity contribution in [3.8, 4) is 0 Å². The van der Waals surface area contributed by atoms with Gasteiger partial charge < -0.3 is 9.26 Å². The van der Waals surface area contributed by atoms with Crippen molar-refractivity contribution in [3.05, 3.63) is 0 Å². The summed E-state index contributed by atoms with van der Waals surface area (Å²) in [7, 11) is -0.879. The highest BCUT2D eigenvalue weighted by atomic mass is 32.2. The quantitative estimate of drug-likeness (QED) is 0.202. The minimum atomic E-state index is -0.879. The molecule has 1 atom stereocenters. The van der Waals surface area contributed by atoms with Crippen LogP contribution in [0.1, 0.15) is 75.7 Å². The summed E-state index contributed by atoms with van der Waals surface area (Å²) in [5, 5.41) is 0.206. The molecule has 0 aromatic heterocycles. The summed E-state index contributed by atoms with van der Waals surface area (Å²) in [5.74, 6) is 0.500. The third kappa shape index (κ3) is 10.0. The van der Waals surface area contributed by atoms with Crippen LogP contribution in [0.15, 0.2) is 0 Å². The van der Waals surface area contributed by atoms with Crippen molar-refractivity contribution in [2.75, 3.05) is 19.2 Å². The Morgan fingerprint density at radius 1 is 0.852 bits per heavy atom. The van der Waals surface area contributed by atoms with Gasteiger partial charge in [-0.3, -0.25) is 4.79 Å². The van der Waals surface area contributed by atoms with E-state index in [9.17, 15) is 4.79 Å². The van der Waals surface area contributed by atoms with Crippen LogP contribution in [0.4, 0.5) is 0 Å². The average molecular weight is 423 g/mol. The van der Waals surface area contributed by atoms with Crippen molar-refractivity contribution in [1.82, 2.24) is 9.34 Å². The van der Waals surface area contributed by atoms with Crippen LogP contribution in [0.5, 0.6) is 0 Å². The summed E-state index contributed by atoms with van der Waals surface area (Å²) in [6.45, 7) is 22.9. The van der Waals surface area contributed by atoms with E-state index in [1.807, 2.05) is 13.8 Å². The van der Waals surface area contributed by atoms with E-state index in [2.05, 4.69) is 64.7 Å². The van der Waals surface area contributed by atoms with Crippen molar-refractivity contribution in [2.45, 2.75) is 99.8 Å². The molecule has 0 aromatic carbocycles. The molecule has 0 amide bonds. The first-order valence-corrected chi connectivity index (χ1v) is 12.4. The molecule has 0 aliphatic rings. The summed E-state index contributed by atoms with van der Waals surface area (Å²) in [6, 6.07) is 1.61. The lowest BCUT2D eigenvalue weighted by Gasteiger charge is -2.45. The second-order valence-corrected chi connectivity index (χ2v) is 10.6. The van der Waals surface area contributed by atoms with Gasteiger partial charge in [-0.15, -0.1) is 0 Å². The SMILES string of the molecule is CCC(C)C(=O)SCOCCOP(N(C(C)C)C(C)C)N(C(C)C)C(C)C. The van der Waals surface area contributed by atoms with Crippen LogP contribution in [0, 0.1) is 5.92 Å². The fourth-order valence-electron chi connectivity index (χ4n) is 2.88. The van der Waals surface area contributed by atoms with E-state index < -0.39 is 8.45 Å². The van der Waals surface area contributed by atoms with Crippen LogP contribution < -0.4 is 0 Å².